The van der Waals surface area contributed by atoms with E-state index in [0.29, 0.717) is 0 Å². The summed E-state index contributed by atoms with van der Waals surface area (Å²) in [5.74, 6) is 0.0848. The maximum atomic E-state index is 11.9. The highest BCUT2D eigenvalue weighted by Gasteiger charge is 2.22. The summed E-state index contributed by atoms with van der Waals surface area (Å²) in [4.78, 5) is 22.4. The van der Waals surface area contributed by atoms with E-state index in [0.717, 1.165) is 38.2 Å². The van der Waals surface area contributed by atoms with Crippen LogP contribution in [0.25, 0.3) is 0 Å². The number of likely N-dealkylation sites (tertiary alicyclic amines) is 1. The van der Waals surface area contributed by atoms with Gasteiger partial charge in [0.05, 0.1) is 5.69 Å². The third-order valence-electron chi connectivity index (χ3n) is 3.66. The normalized spacial score (nSPS) is 16.8. The first kappa shape index (κ1) is 13.7. The summed E-state index contributed by atoms with van der Waals surface area (Å²) in [5.41, 5.74) is 1.08. The Bertz CT molecular complexity index is 562. The first-order valence-corrected chi connectivity index (χ1v) is 7.10. The number of hydrogen-bond donors (Lipinski definition) is 2. The van der Waals surface area contributed by atoms with Crippen LogP contribution in [-0.2, 0) is 6.54 Å². The SMILES string of the molecule is O=C(NC1CCN(Cc2ccccn2)CC1)c1ncn[nH]1. The second kappa shape index (κ2) is 6.45. The van der Waals surface area contributed by atoms with Crippen LogP contribution < -0.4 is 5.32 Å². The molecule has 1 saturated heterocycles. The van der Waals surface area contributed by atoms with Crippen LogP contribution in [0.15, 0.2) is 30.7 Å². The first-order valence-electron chi connectivity index (χ1n) is 7.10. The highest BCUT2D eigenvalue weighted by molar-refractivity contribution is 5.90. The maximum absolute atomic E-state index is 11.9. The molecule has 0 saturated carbocycles. The van der Waals surface area contributed by atoms with Crippen LogP contribution >= 0.6 is 0 Å². The van der Waals surface area contributed by atoms with Crippen molar-refractivity contribution in [1.82, 2.24) is 30.4 Å². The molecule has 0 atom stereocenters. The number of nitrogens with zero attached hydrogens (tertiary/aromatic N) is 4. The zero-order valence-corrected chi connectivity index (χ0v) is 11.7. The van der Waals surface area contributed by atoms with Gasteiger partial charge in [0.15, 0.2) is 0 Å². The Labute approximate surface area is 122 Å². The van der Waals surface area contributed by atoms with Crippen molar-refractivity contribution < 1.29 is 4.79 Å². The topological polar surface area (TPSA) is 86.8 Å². The van der Waals surface area contributed by atoms with Crippen molar-refractivity contribution in [3.63, 3.8) is 0 Å². The fourth-order valence-corrected chi connectivity index (χ4v) is 2.52. The van der Waals surface area contributed by atoms with E-state index in [1.807, 2.05) is 24.4 Å². The van der Waals surface area contributed by atoms with Gasteiger partial charge in [-0.05, 0) is 25.0 Å². The number of pyridine rings is 1. The minimum absolute atomic E-state index is 0.185. The van der Waals surface area contributed by atoms with Gasteiger partial charge in [-0.15, -0.1) is 0 Å². The summed E-state index contributed by atoms with van der Waals surface area (Å²) in [6.07, 6.45) is 5.03. The standard InChI is InChI=1S/C14H18N6O/c21-14(13-16-10-17-19-13)18-11-4-7-20(8-5-11)9-12-3-1-2-6-15-12/h1-3,6,10-11H,4-5,7-9H2,(H,18,21)(H,16,17,19). The summed E-state index contributed by atoms with van der Waals surface area (Å²) in [6.45, 7) is 2.78. The fraction of sp³-hybridized carbons (Fsp3) is 0.429. The molecule has 0 aromatic carbocycles. The van der Waals surface area contributed by atoms with Crippen molar-refractivity contribution >= 4 is 5.91 Å². The van der Waals surface area contributed by atoms with Crippen molar-refractivity contribution in [2.24, 2.45) is 0 Å². The lowest BCUT2D eigenvalue weighted by atomic mass is 10.0. The Morgan fingerprint density at radius 1 is 1.33 bits per heavy atom. The van der Waals surface area contributed by atoms with E-state index in [9.17, 15) is 4.79 Å². The van der Waals surface area contributed by atoms with Gasteiger partial charge in [-0.2, -0.15) is 5.10 Å². The van der Waals surface area contributed by atoms with Gasteiger partial charge in [-0.1, -0.05) is 6.07 Å². The van der Waals surface area contributed by atoms with Crippen molar-refractivity contribution in [3.8, 4) is 0 Å². The number of H-pyrrole nitrogens is 1. The van der Waals surface area contributed by atoms with Gasteiger partial charge in [-0.3, -0.25) is 19.8 Å². The summed E-state index contributed by atoms with van der Waals surface area (Å²) in [6, 6.07) is 6.17. The maximum Gasteiger partial charge on any atom is 0.288 e. The molecule has 0 aliphatic carbocycles. The molecule has 7 heteroatoms. The minimum atomic E-state index is -0.185. The zero-order valence-electron chi connectivity index (χ0n) is 11.7. The minimum Gasteiger partial charge on any atom is -0.347 e. The number of carbonyl (C=O) groups excluding carboxylic acids is 1. The Hall–Kier alpha value is -2.28. The van der Waals surface area contributed by atoms with Gasteiger partial charge in [0.1, 0.15) is 6.33 Å². The van der Waals surface area contributed by atoms with E-state index in [1.165, 1.54) is 6.33 Å². The number of nitrogens with one attached hydrogen (secondary N) is 2. The van der Waals surface area contributed by atoms with E-state index < -0.39 is 0 Å². The van der Waals surface area contributed by atoms with Crippen LogP contribution in [0, 0.1) is 0 Å². The van der Waals surface area contributed by atoms with E-state index in [1.54, 1.807) is 0 Å². The lowest BCUT2D eigenvalue weighted by Gasteiger charge is -2.31. The molecule has 0 unspecified atom stereocenters. The highest BCUT2D eigenvalue weighted by Crippen LogP contribution is 2.13. The van der Waals surface area contributed by atoms with Gasteiger partial charge < -0.3 is 5.32 Å². The summed E-state index contributed by atoms with van der Waals surface area (Å²) < 4.78 is 0. The van der Waals surface area contributed by atoms with Crippen LogP contribution in [0.1, 0.15) is 29.2 Å². The molecule has 1 aliphatic heterocycles. The van der Waals surface area contributed by atoms with Crippen LogP contribution in [0.5, 0.6) is 0 Å². The molecular weight excluding hydrogens is 268 g/mol. The number of aromatic amines is 1. The third-order valence-corrected chi connectivity index (χ3v) is 3.66. The van der Waals surface area contributed by atoms with Crippen molar-refractivity contribution in [2.45, 2.75) is 25.4 Å². The number of amides is 1. The molecule has 1 fully saturated rings. The second-order valence-electron chi connectivity index (χ2n) is 5.18. The zero-order chi connectivity index (χ0) is 14.5. The largest absolute Gasteiger partial charge is 0.347 e. The smallest absolute Gasteiger partial charge is 0.288 e. The summed E-state index contributed by atoms with van der Waals surface area (Å²) in [5, 5.41) is 9.25. The number of aromatic nitrogens is 4. The monoisotopic (exact) mass is 286 g/mol. The van der Waals surface area contributed by atoms with Gasteiger partial charge in [-0.25, -0.2) is 4.98 Å². The molecule has 1 amide bonds. The highest BCUT2D eigenvalue weighted by atomic mass is 16.2. The van der Waals surface area contributed by atoms with E-state index in [2.05, 4.69) is 30.4 Å². The lowest BCUT2D eigenvalue weighted by Crippen LogP contribution is -2.44. The Morgan fingerprint density at radius 2 is 2.19 bits per heavy atom. The van der Waals surface area contributed by atoms with Gasteiger partial charge in [0, 0.05) is 31.9 Å². The second-order valence-corrected chi connectivity index (χ2v) is 5.18. The average Bonchev–Trinajstić information content (AvgIpc) is 3.05. The van der Waals surface area contributed by atoms with Crippen LogP contribution in [0.2, 0.25) is 0 Å². The van der Waals surface area contributed by atoms with Crippen LogP contribution in [-0.4, -0.2) is 50.1 Å². The molecule has 0 bridgehead atoms. The molecule has 2 aromatic heterocycles. The predicted molar refractivity (Wildman–Crippen MR) is 76.4 cm³/mol. The summed E-state index contributed by atoms with van der Waals surface area (Å²) >= 11 is 0. The van der Waals surface area contributed by atoms with Gasteiger partial charge >= 0.3 is 0 Å². The lowest BCUT2D eigenvalue weighted by molar-refractivity contribution is 0.0898. The Morgan fingerprint density at radius 3 is 2.86 bits per heavy atom. The third kappa shape index (κ3) is 3.63. The number of hydrogen-bond acceptors (Lipinski definition) is 5. The molecule has 2 aromatic rings. The quantitative estimate of drug-likeness (QED) is 0.859. The molecule has 7 nitrogen and oxygen atoms in total. The molecule has 3 rings (SSSR count). The Kier molecular flexibility index (Phi) is 4.20. The molecule has 110 valence electrons. The van der Waals surface area contributed by atoms with Gasteiger partial charge in [0.2, 0.25) is 5.82 Å². The molecule has 21 heavy (non-hydrogen) atoms. The molecule has 3 heterocycles. The number of piperidine rings is 1. The number of carbonyl (C=O) groups is 1. The van der Waals surface area contributed by atoms with E-state index in [4.69, 9.17) is 0 Å². The average molecular weight is 286 g/mol. The molecule has 0 spiro atoms. The van der Waals surface area contributed by atoms with Crippen LogP contribution in [0.3, 0.4) is 0 Å². The van der Waals surface area contributed by atoms with E-state index in [-0.39, 0.29) is 17.8 Å². The molecule has 2 N–H and O–H groups in total. The van der Waals surface area contributed by atoms with Gasteiger partial charge in [0.25, 0.3) is 5.91 Å². The molecule has 0 radical (unpaired) electrons. The molecule has 1 aliphatic rings. The molecular formula is C14H18N6O. The fourth-order valence-electron chi connectivity index (χ4n) is 2.52. The van der Waals surface area contributed by atoms with Crippen molar-refractivity contribution in [2.75, 3.05) is 13.1 Å². The van der Waals surface area contributed by atoms with Crippen molar-refractivity contribution in [1.29, 1.82) is 0 Å². The Balaban J connectivity index is 1.46. The number of rotatable bonds is 4. The van der Waals surface area contributed by atoms with Crippen LogP contribution in [0.4, 0.5) is 0 Å². The summed E-state index contributed by atoms with van der Waals surface area (Å²) in [7, 11) is 0. The first-order chi connectivity index (χ1) is 10.3. The van der Waals surface area contributed by atoms with Crippen molar-refractivity contribution in [3.05, 3.63) is 42.2 Å². The van der Waals surface area contributed by atoms with E-state index >= 15 is 0 Å². The predicted octanol–water partition coefficient (Wildman–Crippen LogP) is 0.594.